The topological polar surface area (TPSA) is 122 Å². The molecule has 0 unspecified atom stereocenters. The van der Waals surface area contributed by atoms with Crippen molar-refractivity contribution in [3.8, 4) is 0 Å². The van der Waals surface area contributed by atoms with Gasteiger partial charge in [-0.25, -0.2) is 8.42 Å². The average Bonchev–Trinajstić information content (AvgIpc) is 3.02. The Bertz CT molecular complexity index is 887. The van der Waals surface area contributed by atoms with Crippen molar-refractivity contribution in [2.75, 3.05) is 44.3 Å². The van der Waals surface area contributed by atoms with E-state index < -0.39 is 16.1 Å². The lowest BCUT2D eigenvalue weighted by Crippen LogP contribution is -2.52. The quantitative estimate of drug-likeness (QED) is 0.647. The van der Waals surface area contributed by atoms with Crippen LogP contribution in [0, 0.1) is 0 Å². The highest BCUT2D eigenvalue weighted by Gasteiger charge is 2.31. The number of morpholine rings is 1. The summed E-state index contributed by atoms with van der Waals surface area (Å²) in [5.74, 6) is -0.638. The van der Waals surface area contributed by atoms with Gasteiger partial charge in [0.25, 0.3) is 5.91 Å². The number of hydrogen-bond donors (Lipinski definition) is 2. The first-order valence-electron chi connectivity index (χ1n) is 10.0. The van der Waals surface area contributed by atoms with E-state index in [1.165, 1.54) is 17.0 Å². The number of anilines is 1. The number of carbonyl (C=O) groups excluding carboxylic acids is 2. The van der Waals surface area contributed by atoms with E-state index in [-0.39, 0.29) is 47.1 Å². The molecule has 11 heteroatoms. The molecule has 3 N–H and O–H groups in total. The number of likely N-dealkylation sites (tertiary alicyclic amines) is 1. The Hall–Kier alpha value is -1.72. The summed E-state index contributed by atoms with van der Waals surface area (Å²) < 4.78 is 33.6. The lowest BCUT2D eigenvalue weighted by molar-refractivity contribution is -0.132. The van der Waals surface area contributed by atoms with Crippen LogP contribution in [-0.4, -0.2) is 70.6 Å². The molecule has 0 bridgehead atoms. The van der Waals surface area contributed by atoms with Gasteiger partial charge in [0.2, 0.25) is 15.9 Å². The third-order valence-electron chi connectivity index (χ3n) is 5.26. The number of nitrogens with two attached hydrogens (primary N) is 1. The standard InChI is InChI=1S/C19H27ClN4O5S/c20-18-15(24-10-11-29-13-17(24)25)6-5-7-16(18)30(27,28)22-14(12-21)19(26)23-8-3-1-2-4-9-23/h5-7,14,22H,1-4,8-13,21H2/t14-/m0/s1. The molecule has 0 aromatic heterocycles. The van der Waals surface area contributed by atoms with Crippen LogP contribution in [0.3, 0.4) is 0 Å². The molecule has 0 radical (unpaired) electrons. The highest BCUT2D eigenvalue weighted by atomic mass is 35.5. The van der Waals surface area contributed by atoms with E-state index in [4.69, 9.17) is 22.1 Å². The number of nitrogens with zero attached hydrogens (tertiary/aromatic N) is 2. The smallest absolute Gasteiger partial charge is 0.253 e. The maximum absolute atomic E-state index is 13.0. The van der Waals surface area contributed by atoms with Gasteiger partial charge in [0.1, 0.15) is 17.5 Å². The Morgan fingerprint density at radius 2 is 1.90 bits per heavy atom. The predicted octanol–water partition coefficient (Wildman–Crippen LogP) is 0.711. The molecule has 166 valence electrons. The van der Waals surface area contributed by atoms with Crippen LogP contribution in [0.25, 0.3) is 0 Å². The summed E-state index contributed by atoms with van der Waals surface area (Å²) in [6.07, 6.45) is 3.87. The molecule has 0 spiro atoms. The molecular formula is C19H27ClN4O5S. The van der Waals surface area contributed by atoms with Crippen molar-refractivity contribution in [1.29, 1.82) is 0 Å². The van der Waals surface area contributed by atoms with Gasteiger partial charge >= 0.3 is 0 Å². The summed E-state index contributed by atoms with van der Waals surface area (Å²) >= 11 is 6.39. The van der Waals surface area contributed by atoms with Crippen LogP contribution in [0.15, 0.2) is 23.1 Å². The first-order valence-corrected chi connectivity index (χ1v) is 11.9. The lowest BCUT2D eigenvalue weighted by Gasteiger charge is -2.28. The zero-order valence-electron chi connectivity index (χ0n) is 16.7. The molecule has 2 aliphatic rings. The van der Waals surface area contributed by atoms with Gasteiger partial charge in [-0.2, -0.15) is 4.72 Å². The maximum Gasteiger partial charge on any atom is 0.253 e. The van der Waals surface area contributed by atoms with E-state index >= 15 is 0 Å². The number of amides is 2. The van der Waals surface area contributed by atoms with Gasteiger partial charge in [0.05, 0.1) is 17.3 Å². The van der Waals surface area contributed by atoms with Crippen molar-refractivity contribution in [2.45, 2.75) is 36.6 Å². The molecular weight excluding hydrogens is 432 g/mol. The summed E-state index contributed by atoms with van der Waals surface area (Å²) in [5, 5.41) is -0.0850. The molecule has 30 heavy (non-hydrogen) atoms. The number of hydrogen-bond acceptors (Lipinski definition) is 6. The fourth-order valence-electron chi connectivity index (χ4n) is 3.65. The number of ether oxygens (including phenoxy) is 1. The molecule has 1 aromatic rings. The summed E-state index contributed by atoms with van der Waals surface area (Å²) in [6, 6.07) is 3.33. The third-order valence-corrected chi connectivity index (χ3v) is 7.28. The van der Waals surface area contributed by atoms with Crippen molar-refractivity contribution in [2.24, 2.45) is 5.73 Å². The minimum atomic E-state index is -4.15. The van der Waals surface area contributed by atoms with Crippen molar-refractivity contribution in [1.82, 2.24) is 9.62 Å². The van der Waals surface area contributed by atoms with Crippen molar-refractivity contribution in [3.63, 3.8) is 0 Å². The second kappa shape index (κ2) is 10.1. The van der Waals surface area contributed by atoms with Crippen LogP contribution < -0.4 is 15.4 Å². The number of carbonyl (C=O) groups is 2. The lowest BCUT2D eigenvalue weighted by atomic mass is 10.2. The number of rotatable bonds is 6. The Labute approximate surface area is 181 Å². The van der Waals surface area contributed by atoms with Gasteiger partial charge in [-0.3, -0.25) is 9.59 Å². The largest absolute Gasteiger partial charge is 0.370 e. The second-order valence-electron chi connectivity index (χ2n) is 7.34. The maximum atomic E-state index is 13.0. The molecule has 0 saturated carbocycles. The Morgan fingerprint density at radius 3 is 2.53 bits per heavy atom. The highest BCUT2D eigenvalue weighted by molar-refractivity contribution is 7.89. The summed E-state index contributed by atoms with van der Waals surface area (Å²) in [5.41, 5.74) is 6.02. The Morgan fingerprint density at radius 1 is 1.20 bits per heavy atom. The monoisotopic (exact) mass is 458 g/mol. The van der Waals surface area contributed by atoms with Crippen molar-refractivity contribution in [3.05, 3.63) is 23.2 Å². The molecule has 2 amide bonds. The third kappa shape index (κ3) is 5.12. The molecule has 0 aliphatic carbocycles. The van der Waals surface area contributed by atoms with Crippen molar-refractivity contribution >= 4 is 39.1 Å². The van der Waals surface area contributed by atoms with Crippen LogP contribution in [0.4, 0.5) is 5.69 Å². The van der Waals surface area contributed by atoms with Crippen LogP contribution in [0.5, 0.6) is 0 Å². The first kappa shape index (κ1) is 23.0. The van der Waals surface area contributed by atoms with Crippen molar-refractivity contribution < 1.29 is 22.7 Å². The Balaban J connectivity index is 1.82. The number of nitrogens with one attached hydrogen (secondary N) is 1. The van der Waals surface area contributed by atoms with Crippen LogP contribution >= 0.6 is 11.6 Å². The molecule has 3 rings (SSSR count). The zero-order valence-corrected chi connectivity index (χ0v) is 18.3. The van der Waals surface area contributed by atoms with Gasteiger partial charge in [0, 0.05) is 26.2 Å². The molecule has 2 fully saturated rings. The van der Waals surface area contributed by atoms with Gasteiger partial charge in [-0.05, 0) is 25.0 Å². The van der Waals surface area contributed by atoms with Gasteiger partial charge in [-0.1, -0.05) is 30.5 Å². The van der Waals surface area contributed by atoms with Crippen LogP contribution in [-0.2, 0) is 24.3 Å². The van der Waals surface area contributed by atoms with Crippen LogP contribution in [0.1, 0.15) is 25.7 Å². The molecule has 2 saturated heterocycles. The molecule has 9 nitrogen and oxygen atoms in total. The van der Waals surface area contributed by atoms with E-state index in [1.54, 1.807) is 11.0 Å². The summed E-state index contributed by atoms with van der Waals surface area (Å²) in [6.45, 7) is 1.52. The van der Waals surface area contributed by atoms with Gasteiger partial charge < -0.3 is 20.3 Å². The minimum absolute atomic E-state index is 0.0850. The second-order valence-corrected chi connectivity index (χ2v) is 9.40. The minimum Gasteiger partial charge on any atom is -0.370 e. The average molecular weight is 459 g/mol. The first-order chi connectivity index (χ1) is 14.3. The number of sulfonamides is 1. The highest BCUT2D eigenvalue weighted by Crippen LogP contribution is 2.33. The summed E-state index contributed by atoms with van der Waals surface area (Å²) in [4.78, 5) is 27.8. The van der Waals surface area contributed by atoms with Crippen LogP contribution in [0.2, 0.25) is 5.02 Å². The van der Waals surface area contributed by atoms with E-state index in [2.05, 4.69) is 4.72 Å². The number of halogens is 1. The zero-order chi connectivity index (χ0) is 21.7. The molecule has 2 aliphatic heterocycles. The number of benzene rings is 1. The van der Waals surface area contributed by atoms with Gasteiger partial charge in [0.15, 0.2) is 0 Å². The molecule has 1 aromatic carbocycles. The summed E-state index contributed by atoms with van der Waals surface area (Å²) in [7, 11) is -4.15. The van der Waals surface area contributed by atoms with E-state index in [9.17, 15) is 18.0 Å². The fraction of sp³-hybridized carbons (Fsp3) is 0.579. The van der Waals surface area contributed by atoms with E-state index in [1.807, 2.05) is 0 Å². The SMILES string of the molecule is NC[C@H](NS(=O)(=O)c1cccc(N2CCOCC2=O)c1Cl)C(=O)N1CCCCCC1. The Kier molecular flexibility index (Phi) is 7.70. The fourth-order valence-corrected chi connectivity index (χ4v) is 5.48. The molecule has 2 heterocycles. The normalized spacial score (nSPS) is 19.5. The van der Waals surface area contributed by atoms with E-state index in [0.29, 0.717) is 19.7 Å². The predicted molar refractivity (Wildman–Crippen MR) is 113 cm³/mol. The van der Waals surface area contributed by atoms with E-state index in [0.717, 1.165) is 25.7 Å². The molecule has 1 atom stereocenters. The van der Waals surface area contributed by atoms with Gasteiger partial charge in [-0.15, -0.1) is 0 Å².